The summed E-state index contributed by atoms with van der Waals surface area (Å²) < 4.78 is 26.2. The van der Waals surface area contributed by atoms with Crippen LogP contribution in [0.1, 0.15) is 84.0 Å². The second kappa shape index (κ2) is 14.9. The van der Waals surface area contributed by atoms with Crippen molar-refractivity contribution >= 4 is 16.0 Å². The number of rotatable bonds is 16. The molecule has 0 rings (SSSR count). The highest BCUT2D eigenvalue weighted by Gasteiger charge is 2.02. The van der Waals surface area contributed by atoms with Crippen LogP contribution >= 0.6 is 0 Å². The Balaban J connectivity index is 3.24. The molecule has 0 heterocycles. The number of carbonyl (C=O) groups is 1. The predicted molar refractivity (Wildman–Crippen MR) is 94.9 cm³/mol. The fourth-order valence-corrected chi connectivity index (χ4v) is 2.77. The van der Waals surface area contributed by atoms with Crippen LogP contribution in [0.2, 0.25) is 0 Å². The van der Waals surface area contributed by atoms with Gasteiger partial charge in [0.1, 0.15) is 0 Å². The van der Waals surface area contributed by atoms with E-state index in [0.717, 1.165) is 44.8 Å². The van der Waals surface area contributed by atoms with Crippen LogP contribution in [0.25, 0.3) is 0 Å². The van der Waals surface area contributed by atoms with E-state index in [0.29, 0.717) is 13.0 Å². The van der Waals surface area contributed by atoms with Crippen molar-refractivity contribution in [2.75, 3.05) is 19.4 Å². The predicted octanol–water partition coefficient (Wildman–Crippen LogP) is 3.78. The van der Waals surface area contributed by atoms with E-state index >= 15 is 0 Å². The molecule has 138 valence electrons. The zero-order valence-electron chi connectivity index (χ0n) is 14.9. The van der Waals surface area contributed by atoms with Crippen molar-refractivity contribution in [3.63, 3.8) is 0 Å². The minimum absolute atomic E-state index is 0.152. The van der Waals surface area contributed by atoms with Gasteiger partial charge in [-0.15, -0.1) is 0 Å². The number of unbranched alkanes of at least 4 members (excludes halogenated alkanes) is 9. The molecule has 0 bridgehead atoms. The fraction of sp³-hybridized carbons (Fsp3) is 0.941. The Kier molecular flexibility index (Phi) is 14.5. The largest absolute Gasteiger partial charge is 0.356 e. The van der Waals surface area contributed by atoms with Gasteiger partial charge in [-0.3, -0.25) is 8.98 Å². The van der Waals surface area contributed by atoms with E-state index in [9.17, 15) is 13.2 Å². The first-order chi connectivity index (χ1) is 11.0. The molecule has 1 amide bonds. The van der Waals surface area contributed by atoms with E-state index < -0.39 is 10.1 Å². The Bertz CT molecular complexity index is 382. The molecular formula is C17H35NO4S. The van der Waals surface area contributed by atoms with E-state index in [1.165, 1.54) is 32.1 Å². The van der Waals surface area contributed by atoms with Gasteiger partial charge in [0.15, 0.2) is 0 Å². The SMILES string of the molecule is CCCCCCCCCC(=O)NCCCCCCOS(C)(=O)=O. The van der Waals surface area contributed by atoms with Gasteiger partial charge >= 0.3 is 0 Å². The molecule has 0 aliphatic rings. The third-order valence-electron chi connectivity index (χ3n) is 3.70. The van der Waals surface area contributed by atoms with Crippen molar-refractivity contribution in [3.05, 3.63) is 0 Å². The summed E-state index contributed by atoms with van der Waals surface area (Å²) in [5.41, 5.74) is 0. The zero-order chi connectivity index (χ0) is 17.4. The van der Waals surface area contributed by atoms with Crippen LogP contribution < -0.4 is 5.32 Å². The molecule has 0 aliphatic carbocycles. The summed E-state index contributed by atoms with van der Waals surface area (Å²) in [5, 5.41) is 2.94. The Morgan fingerprint density at radius 2 is 1.43 bits per heavy atom. The summed E-state index contributed by atoms with van der Waals surface area (Å²) in [6, 6.07) is 0. The molecule has 1 N–H and O–H groups in total. The Hall–Kier alpha value is -0.620. The van der Waals surface area contributed by atoms with Gasteiger partial charge in [-0.2, -0.15) is 8.42 Å². The summed E-state index contributed by atoms with van der Waals surface area (Å²) in [6.07, 6.45) is 13.8. The Morgan fingerprint density at radius 1 is 0.870 bits per heavy atom. The molecule has 23 heavy (non-hydrogen) atoms. The van der Waals surface area contributed by atoms with Gasteiger partial charge < -0.3 is 5.32 Å². The second-order valence-electron chi connectivity index (χ2n) is 6.16. The zero-order valence-corrected chi connectivity index (χ0v) is 15.8. The van der Waals surface area contributed by atoms with E-state index in [-0.39, 0.29) is 12.5 Å². The highest BCUT2D eigenvalue weighted by molar-refractivity contribution is 7.85. The molecule has 0 atom stereocenters. The van der Waals surface area contributed by atoms with Gasteiger partial charge in [0, 0.05) is 13.0 Å². The van der Waals surface area contributed by atoms with E-state index in [1.807, 2.05) is 0 Å². The molecule has 0 fully saturated rings. The maximum Gasteiger partial charge on any atom is 0.264 e. The normalized spacial score (nSPS) is 11.6. The van der Waals surface area contributed by atoms with E-state index in [1.54, 1.807) is 0 Å². The summed E-state index contributed by atoms with van der Waals surface area (Å²) in [6.45, 7) is 3.18. The van der Waals surface area contributed by atoms with Crippen LogP contribution in [0.4, 0.5) is 0 Å². The summed E-state index contributed by atoms with van der Waals surface area (Å²) in [4.78, 5) is 11.6. The highest BCUT2D eigenvalue weighted by atomic mass is 32.2. The highest BCUT2D eigenvalue weighted by Crippen LogP contribution is 2.08. The Morgan fingerprint density at radius 3 is 2.09 bits per heavy atom. The standard InChI is InChI=1S/C17H35NO4S/c1-3-4-5-6-7-8-11-14-17(19)18-15-12-9-10-13-16-22-23(2,20)21/h3-16H2,1-2H3,(H,18,19). The summed E-state index contributed by atoms with van der Waals surface area (Å²) in [7, 11) is -3.31. The molecule has 0 saturated heterocycles. The van der Waals surface area contributed by atoms with Gasteiger partial charge in [-0.1, -0.05) is 58.3 Å². The van der Waals surface area contributed by atoms with Crippen LogP contribution in [-0.4, -0.2) is 33.7 Å². The minimum atomic E-state index is -3.31. The van der Waals surface area contributed by atoms with Gasteiger partial charge in [0.2, 0.25) is 5.91 Å². The lowest BCUT2D eigenvalue weighted by atomic mass is 10.1. The molecular weight excluding hydrogens is 314 g/mol. The van der Waals surface area contributed by atoms with Crippen molar-refractivity contribution in [2.24, 2.45) is 0 Å². The lowest BCUT2D eigenvalue weighted by molar-refractivity contribution is -0.121. The van der Waals surface area contributed by atoms with Crippen molar-refractivity contribution in [1.29, 1.82) is 0 Å². The molecule has 0 spiro atoms. The molecule has 0 aromatic carbocycles. The smallest absolute Gasteiger partial charge is 0.264 e. The second-order valence-corrected chi connectivity index (χ2v) is 7.81. The van der Waals surface area contributed by atoms with Crippen molar-refractivity contribution in [3.8, 4) is 0 Å². The lowest BCUT2D eigenvalue weighted by Crippen LogP contribution is -2.23. The van der Waals surface area contributed by atoms with Crippen molar-refractivity contribution in [1.82, 2.24) is 5.32 Å². The van der Waals surface area contributed by atoms with Crippen LogP contribution in [0.5, 0.6) is 0 Å². The van der Waals surface area contributed by atoms with Crippen molar-refractivity contribution < 1.29 is 17.4 Å². The lowest BCUT2D eigenvalue weighted by Gasteiger charge is -2.05. The number of hydrogen-bond donors (Lipinski definition) is 1. The first kappa shape index (κ1) is 22.4. The number of amides is 1. The van der Waals surface area contributed by atoms with Gasteiger partial charge in [-0.05, 0) is 19.3 Å². The van der Waals surface area contributed by atoms with Crippen LogP contribution in [-0.2, 0) is 19.1 Å². The maximum absolute atomic E-state index is 11.6. The van der Waals surface area contributed by atoms with Gasteiger partial charge in [0.25, 0.3) is 10.1 Å². The molecule has 0 aromatic rings. The Labute approximate surface area is 142 Å². The first-order valence-electron chi connectivity index (χ1n) is 9.07. The first-order valence-corrected chi connectivity index (χ1v) is 10.9. The fourth-order valence-electron chi connectivity index (χ4n) is 2.35. The topological polar surface area (TPSA) is 72.5 Å². The summed E-state index contributed by atoms with van der Waals surface area (Å²) >= 11 is 0. The molecule has 0 aliphatic heterocycles. The number of nitrogens with one attached hydrogen (secondary N) is 1. The monoisotopic (exact) mass is 349 g/mol. The molecule has 0 saturated carbocycles. The van der Waals surface area contributed by atoms with E-state index in [4.69, 9.17) is 0 Å². The maximum atomic E-state index is 11.6. The quantitative estimate of drug-likeness (QED) is 0.340. The average molecular weight is 350 g/mol. The van der Waals surface area contributed by atoms with Crippen LogP contribution in [0.15, 0.2) is 0 Å². The molecule has 0 radical (unpaired) electrons. The van der Waals surface area contributed by atoms with Crippen molar-refractivity contribution in [2.45, 2.75) is 84.0 Å². The average Bonchev–Trinajstić information content (AvgIpc) is 2.48. The third kappa shape index (κ3) is 19.3. The third-order valence-corrected chi connectivity index (χ3v) is 4.29. The minimum Gasteiger partial charge on any atom is -0.356 e. The molecule has 5 nitrogen and oxygen atoms in total. The van der Waals surface area contributed by atoms with Crippen LogP contribution in [0.3, 0.4) is 0 Å². The molecule has 6 heteroatoms. The molecule has 0 aromatic heterocycles. The summed E-state index contributed by atoms with van der Waals surface area (Å²) in [5.74, 6) is 0.152. The number of hydrogen-bond acceptors (Lipinski definition) is 4. The van der Waals surface area contributed by atoms with E-state index in [2.05, 4.69) is 16.4 Å². The van der Waals surface area contributed by atoms with Crippen LogP contribution in [0, 0.1) is 0 Å². The van der Waals surface area contributed by atoms with Gasteiger partial charge in [0.05, 0.1) is 12.9 Å². The molecule has 0 unspecified atom stereocenters. The number of carbonyl (C=O) groups excluding carboxylic acids is 1. The van der Waals surface area contributed by atoms with Gasteiger partial charge in [-0.25, -0.2) is 0 Å².